The number of esters is 1. The molecule has 5 N–H and O–H groups in total. The Bertz CT molecular complexity index is 1100. The summed E-state index contributed by atoms with van der Waals surface area (Å²) in [5.74, 6) is -0.693. The summed E-state index contributed by atoms with van der Waals surface area (Å²) in [5.41, 5.74) is 5.18. The molecule has 1 aromatic heterocycles. The number of thiophene rings is 1. The first-order valence-corrected chi connectivity index (χ1v) is 15.6. The second-order valence-corrected chi connectivity index (χ2v) is 13.4. The number of ether oxygens (including phenoxy) is 1. The number of aliphatic hydroxyl groups excluding tert-OH is 3. The maximum absolute atomic E-state index is 12.6. The van der Waals surface area contributed by atoms with Crippen LogP contribution in [0.25, 0.3) is 0 Å². The summed E-state index contributed by atoms with van der Waals surface area (Å²) in [6.45, 7) is -0.915. The fraction of sp³-hybridized carbons (Fsp3) is 0.586. The number of carbonyl (C=O) groups is 2. The van der Waals surface area contributed by atoms with Gasteiger partial charge in [0.05, 0.1) is 24.7 Å². The standard InChI is InChI=1S/C29H38Cl3NO6S/c30-19-11-18(12-20(31)13-19)6-8-23-22(24(32)14-25(23)36)4-1-3-21-7-9-26(40-21)28(38)39-17-29(15-34,16-35)10-2-5-27(33)37/h7,9,11-13,22-25,34-36H,1-6,8,10,14-17H2,(H2,33,37)/t22-,23-,24-,25-/m1/s1. The van der Waals surface area contributed by atoms with E-state index in [2.05, 4.69) is 0 Å². The van der Waals surface area contributed by atoms with Gasteiger partial charge in [-0.1, -0.05) is 23.2 Å². The van der Waals surface area contributed by atoms with Crippen LogP contribution in [0, 0.1) is 17.3 Å². The van der Waals surface area contributed by atoms with Gasteiger partial charge in [0.15, 0.2) is 0 Å². The van der Waals surface area contributed by atoms with Gasteiger partial charge in [-0.15, -0.1) is 22.9 Å². The van der Waals surface area contributed by atoms with Crippen molar-refractivity contribution < 1.29 is 29.6 Å². The Labute approximate surface area is 254 Å². The first-order valence-electron chi connectivity index (χ1n) is 13.6. The van der Waals surface area contributed by atoms with Crippen LogP contribution >= 0.6 is 46.1 Å². The van der Waals surface area contributed by atoms with Crippen molar-refractivity contribution in [3.8, 4) is 0 Å². The van der Waals surface area contributed by atoms with Gasteiger partial charge >= 0.3 is 5.97 Å². The molecule has 11 heteroatoms. The van der Waals surface area contributed by atoms with Crippen molar-refractivity contribution in [3.05, 3.63) is 55.7 Å². The summed E-state index contributed by atoms with van der Waals surface area (Å²) >= 11 is 20.3. The Morgan fingerprint density at radius 1 is 1.02 bits per heavy atom. The van der Waals surface area contributed by atoms with Gasteiger partial charge in [-0.05, 0) is 99.1 Å². The van der Waals surface area contributed by atoms with E-state index >= 15 is 0 Å². The quantitative estimate of drug-likeness (QED) is 0.145. The molecule has 1 aliphatic rings. The third-order valence-corrected chi connectivity index (χ3v) is 9.86. The van der Waals surface area contributed by atoms with Crippen LogP contribution in [0.1, 0.15) is 65.1 Å². The summed E-state index contributed by atoms with van der Waals surface area (Å²) in [6.07, 6.45) is 5.02. The minimum Gasteiger partial charge on any atom is -0.461 e. The maximum Gasteiger partial charge on any atom is 0.348 e. The highest BCUT2D eigenvalue weighted by Gasteiger charge is 2.40. The first-order chi connectivity index (χ1) is 19.1. The molecule has 0 bridgehead atoms. The number of aliphatic hydroxyl groups is 3. The minimum absolute atomic E-state index is 0.0851. The molecule has 222 valence electrons. The molecule has 1 saturated carbocycles. The number of hydrogen-bond donors (Lipinski definition) is 4. The van der Waals surface area contributed by atoms with Crippen molar-refractivity contribution in [2.24, 2.45) is 23.0 Å². The molecular formula is C29H38Cl3NO6S. The Morgan fingerprint density at radius 3 is 2.38 bits per heavy atom. The zero-order chi connectivity index (χ0) is 29.3. The Kier molecular flexibility index (Phi) is 13.0. The van der Waals surface area contributed by atoms with Crippen LogP contribution in [0.4, 0.5) is 0 Å². The number of hydrogen-bond acceptors (Lipinski definition) is 7. The molecule has 0 saturated heterocycles. The molecule has 0 spiro atoms. The molecule has 0 aliphatic heterocycles. The Hall–Kier alpha value is -1.39. The van der Waals surface area contributed by atoms with Crippen molar-refractivity contribution in [2.45, 2.75) is 69.3 Å². The van der Waals surface area contributed by atoms with E-state index in [0.29, 0.717) is 34.2 Å². The van der Waals surface area contributed by atoms with Gasteiger partial charge in [-0.3, -0.25) is 4.79 Å². The van der Waals surface area contributed by atoms with Crippen LogP contribution in [0.5, 0.6) is 0 Å². The van der Waals surface area contributed by atoms with E-state index in [4.69, 9.17) is 45.3 Å². The minimum atomic E-state index is -1.02. The van der Waals surface area contributed by atoms with Crippen molar-refractivity contribution in [3.63, 3.8) is 0 Å². The number of nitrogens with two attached hydrogens (primary N) is 1. The molecule has 1 amide bonds. The summed E-state index contributed by atoms with van der Waals surface area (Å²) in [5, 5.41) is 31.4. The van der Waals surface area contributed by atoms with Crippen LogP contribution in [0.15, 0.2) is 30.3 Å². The molecule has 0 radical (unpaired) electrons. The van der Waals surface area contributed by atoms with E-state index in [1.807, 2.05) is 18.2 Å². The Balaban J connectivity index is 1.49. The van der Waals surface area contributed by atoms with E-state index in [9.17, 15) is 24.9 Å². The molecule has 1 heterocycles. The molecule has 40 heavy (non-hydrogen) atoms. The van der Waals surface area contributed by atoms with Crippen LogP contribution in [0.3, 0.4) is 0 Å². The molecular weight excluding hydrogens is 597 g/mol. The van der Waals surface area contributed by atoms with Gasteiger partial charge in [0, 0.05) is 26.7 Å². The lowest BCUT2D eigenvalue weighted by molar-refractivity contribution is -0.118. The number of carbonyl (C=O) groups excluding carboxylic acids is 2. The number of rotatable bonds is 16. The van der Waals surface area contributed by atoms with E-state index in [1.54, 1.807) is 12.1 Å². The van der Waals surface area contributed by atoms with Gasteiger partial charge in [0.25, 0.3) is 0 Å². The highest BCUT2D eigenvalue weighted by molar-refractivity contribution is 7.13. The van der Waals surface area contributed by atoms with E-state index in [1.165, 1.54) is 11.3 Å². The summed E-state index contributed by atoms with van der Waals surface area (Å²) in [6, 6.07) is 9.13. The van der Waals surface area contributed by atoms with Crippen molar-refractivity contribution >= 4 is 58.0 Å². The number of primary amides is 1. The largest absolute Gasteiger partial charge is 0.461 e. The predicted octanol–water partition coefficient (Wildman–Crippen LogP) is 5.40. The summed E-state index contributed by atoms with van der Waals surface area (Å²) < 4.78 is 5.42. The van der Waals surface area contributed by atoms with Gasteiger partial charge < -0.3 is 25.8 Å². The second kappa shape index (κ2) is 15.7. The SMILES string of the molecule is NC(=O)CCCC(CO)(CO)COC(=O)c1ccc(CCC[C@@H]2[C@@H](CCc3cc(Cl)cc(Cl)c3)[C@H](O)C[C@H]2Cl)s1. The maximum atomic E-state index is 12.6. The van der Waals surface area contributed by atoms with Crippen LogP contribution < -0.4 is 5.73 Å². The van der Waals surface area contributed by atoms with E-state index < -0.39 is 23.4 Å². The topological polar surface area (TPSA) is 130 Å². The zero-order valence-corrected chi connectivity index (χ0v) is 25.5. The highest BCUT2D eigenvalue weighted by Crippen LogP contribution is 2.42. The second-order valence-electron chi connectivity index (χ2n) is 10.8. The molecule has 3 rings (SSSR count). The number of benzene rings is 1. The van der Waals surface area contributed by atoms with Gasteiger partial charge in [0.1, 0.15) is 11.5 Å². The van der Waals surface area contributed by atoms with Crippen LogP contribution in [-0.2, 0) is 22.4 Å². The molecule has 1 aromatic carbocycles. The highest BCUT2D eigenvalue weighted by atomic mass is 35.5. The van der Waals surface area contributed by atoms with Crippen molar-refractivity contribution in [1.82, 2.24) is 0 Å². The predicted molar refractivity (Wildman–Crippen MR) is 159 cm³/mol. The van der Waals surface area contributed by atoms with Crippen molar-refractivity contribution in [2.75, 3.05) is 19.8 Å². The third kappa shape index (κ3) is 9.58. The summed E-state index contributed by atoms with van der Waals surface area (Å²) in [4.78, 5) is 25.1. The van der Waals surface area contributed by atoms with Gasteiger partial charge in [0.2, 0.25) is 5.91 Å². The van der Waals surface area contributed by atoms with Crippen LogP contribution in [-0.4, -0.2) is 58.5 Å². The number of aryl methyl sites for hydroxylation is 2. The smallest absolute Gasteiger partial charge is 0.348 e. The normalized spacial score (nSPS) is 21.1. The number of amides is 1. The Morgan fingerprint density at radius 2 is 1.73 bits per heavy atom. The molecule has 0 unspecified atom stereocenters. The molecule has 1 fully saturated rings. The lowest BCUT2D eigenvalue weighted by Crippen LogP contribution is -2.36. The first kappa shape index (κ1) is 33.1. The zero-order valence-electron chi connectivity index (χ0n) is 22.4. The van der Waals surface area contributed by atoms with Crippen LogP contribution in [0.2, 0.25) is 10.0 Å². The lowest BCUT2D eigenvalue weighted by Gasteiger charge is -2.28. The third-order valence-electron chi connectivity index (χ3n) is 7.80. The van der Waals surface area contributed by atoms with E-state index in [-0.39, 0.29) is 43.5 Å². The monoisotopic (exact) mass is 633 g/mol. The summed E-state index contributed by atoms with van der Waals surface area (Å²) in [7, 11) is 0. The molecule has 1 aliphatic carbocycles. The molecule has 7 nitrogen and oxygen atoms in total. The average molecular weight is 635 g/mol. The van der Waals surface area contributed by atoms with Gasteiger partial charge in [-0.2, -0.15) is 0 Å². The number of halogens is 3. The lowest BCUT2D eigenvalue weighted by atomic mass is 9.85. The fourth-order valence-electron chi connectivity index (χ4n) is 5.46. The fourth-order valence-corrected chi connectivity index (χ4v) is 7.47. The molecule has 2 aromatic rings. The molecule has 4 atom stereocenters. The average Bonchev–Trinajstić information content (AvgIpc) is 3.48. The number of alkyl halides is 1. The van der Waals surface area contributed by atoms with Crippen molar-refractivity contribution in [1.29, 1.82) is 0 Å². The van der Waals surface area contributed by atoms with Gasteiger partial charge in [-0.25, -0.2) is 4.79 Å². The van der Waals surface area contributed by atoms with E-state index in [0.717, 1.165) is 42.5 Å².